The molecule has 1 rings (SSSR count). The minimum absolute atomic E-state index is 0.352. The van der Waals surface area contributed by atoms with Crippen molar-refractivity contribution in [3.63, 3.8) is 0 Å². The summed E-state index contributed by atoms with van der Waals surface area (Å²) in [6.45, 7) is 0. The van der Waals surface area contributed by atoms with Gasteiger partial charge in [0.25, 0.3) is 0 Å². The van der Waals surface area contributed by atoms with Crippen LogP contribution in [0.5, 0.6) is 0 Å². The Hall–Kier alpha value is -1.53. The first-order valence-corrected chi connectivity index (χ1v) is 4.06. The molecule has 13 heavy (non-hydrogen) atoms. The van der Waals surface area contributed by atoms with E-state index in [1.54, 1.807) is 18.2 Å². The highest BCUT2D eigenvalue weighted by Gasteiger charge is 1.97. The van der Waals surface area contributed by atoms with Crippen molar-refractivity contribution in [2.45, 2.75) is 6.42 Å². The van der Waals surface area contributed by atoms with E-state index in [1.165, 1.54) is 6.20 Å². The third kappa shape index (κ3) is 2.77. The molecule has 4 heteroatoms. The number of nitrogens with zero attached hydrogens (tertiary/aromatic N) is 2. The lowest BCUT2D eigenvalue weighted by Crippen LogP contribution is -1.88. The number of aromatic nitrogens is 1. The van der Waals surface area contributed by atoms with E-state index in [0.29, 0.717) is 17.3 Å². The minimum atomic E-state index is 0.352. The summed E-state index contributed by atoms with van der Waals surface area (Å²) in [5.41, 5.74) is 6.80. The van der Waals surface area contributed by atoms with E-state index >= 15 is 0 Å². The summed E-state index contributed by atoms with van der Waals surface area (Å²) in [6, 6.07) is 3.70. The predicted molar refractivity (Wildman–Crippen MR) is 52.9 cm³/mol. The molecule has 66 valence electrons. The lowest BCUT2D eigenvalue weighted by Gasteiger charge is -1.97. The normalized spacial score (nSPS) is 10.2. The summed E-state index contributed by atoms with van der Waals surface area (Å²) < 4.78 is 0. The maximum atomic E-state index is 8.29. The summed E-state index contributed by atoms with van der Waals surface area (Å²) in [4.78, 5) is 3.86. The van der Waals surface area contributed by atoms with Crippen LogP contribution in [0.15, 0.2) is 18.3 Å². The highest BCUT2D eigenvalue weighted by molar-refractivity contribution is 6.30. The largest absolute Gasteiger partial charge is 0.397 e. The van der Waals surface area contributed by atoms with Gasteiger partial charge >= 0.3 is 0 Å². The van der Waals surface area contributed by atoms with Gasteiger partial charge in [0, 0.05) is 5.56 Å². The number of nitrogen functional groups attached to an aromatic ring is 1. The van der Waals surface area contributed by atoms with Gasteiger partial charge in [-0.1, -0.05) is 23.8 Å². The first kappa shape index (κ1) is 9.56. The summed E-state index contributed by atoms with van der Waals surface area (Å²) in [5.74, 6) is 0. The van der Waals surface area contributed by atoms with Crippen LogP contribution in [0.4, 0.5) is 5.69 Å². The predicted octanol–water partition coefficient (Wildman–Crippen LogP) is 2.24. The number of hydrogen-bond donors (Lipinski definition) is 1. The molecule has 0 aliphatic rings. The van der Waals surface area contributed by atoms with E-state index in [2.05, 4.69) is 4.98 Å². The van der Waals surface area contributed by atoms with Gasteiger partial charge in [0.2, 0.25) is 0 Å². The SMILES string of the molecule is N#CCC=Cc1cc(N)cnc1Cl. The average molecular weight is 194 g/mol. The summed E-state index contributed by atoms with van der Waals surface area (Å²) in [6.07, 6.45) is 5.28. The Balaban J connectivity index is 2.88. The van der Waals surface area contributed by atoms with E-state index in [-0.39, 0.29) is 0 Å². The van der Waals surface area contributed by atoms with Crippen LogP contribution in [0.3, 0.4) is 0 Å². The van der Waals surface area contributed by atoms with Crippen LogP contribution >= 0.6 is 11.6 Å². The molecule has 0 spiro atoms. The molecule has 0 saturated carbocycles. The Bertz CT molecular complexity index is 366. The Morgan fingerprint density at radius 2 is 2.46 bits per heavy atom. The van der Waals surface area contributed by atoms with Crippen LogP contribution in [-0.4, -0.2) is 4.98 Å². The van der Waals surface area contributed by atoms with Crippen molar-refractivity contribution < 1.29 is 0 Å². The molecule has 0 saturated heterocycles. The van der Waals surface area contributed by atoms with E-state index in [9.17, 15) is 0 Å². The minimum Gasteiger partial charge on any atom is -0.397 e. The number of hydrogen-bond acceptors (Lipinski definition) is 3. The number of nitrogens with two attached hydrogens (primary N) is 1. The van der Waals surface area contributed by atoms with Gasteiger partial charge in [0.1, 0.15) is 5.15 Å². The third-order valence-corrected chi connectivity index (χ3v) is 1.71. The van der Waals surface area contributed by atoms with Crippen LogP contribution in [0.2, 0.25) is 5.15 Å². The second-order valence-corrected chi connectivity index (χ2v) is 2.77. The van der Waals surface area contributed by atoms with Crippen molar-refractivity contribution in [2.24, 2.45) is 0 Å². The summed E-state index contributed by atoms with van der Waals surface area (Å²) in [5, 5.41) is 8.69. The van der Waals surface area contributed by atoms with Gasteiger partial charge in [0.05, 0.1) is 24.4 Å². The molecule has 1 aromatic rings. The standard InChI is InChI=1S/C9H8ClN3/c10-9-7(3-1-2-4-11)5-8(12)6-13-9/h1,3,5-6H,2,12H2. The van der Waals surface area contributed by atoms with Crippen molar-refractivity contribution in [3.8, 4) is 6.07 Å². The fourth-order valence-corrected chi connectivity index (χ4v) is 1.00. The van der Waals surface area contributed by atoms with Gasteiger partial charge in [-0.15, -0.1) is 0 Å². The molecule has 0 bridgehead atoms. The van der Waals surface area contributed by atoms with E-state index in [4.69, 9.17) is 22.6 Å². The molecule has 0 unspecified atom stereocenters. The number of nitriles is 1. The lowest BCUT2D eigenvalue weighted by molar-refractivity contribution is 1.31. The molecule has 3 nitrogen and oxygen atoms in total. The molecule has 0 aliphatic carbocycles. The molecular weight excluding hydrogens is 186 g/mol. The van der Waals surface area contributed by atoms with Gasteiger partial charge < -0.3 is 5.73 Å². The van der Waals surface area contributed by atoms with Gasteiger partial charge in [-0.3, -0.25) is 0 Å². The maximum Gasteiger partial charge on any atom is 0.136 e. The number of allylic oxidation sites excluding steroid dienone is 1. The van der Waals surface area contributed by atoms with Crippen LogP contribution in [0, 0.1) is 11.3 Å². The maximum absolute atomic E-state index is 8.29. The topological polar surface area (TPSA) is 62.7 Å². The number of halogens is 1. The zero-order valence-corrected chi connectivity index (χ0v) is 7.62. The van der Waals surface area contributed by atoms with Gasteiger partial charge in [-0.25, -0.2) is 4.98 Å². The van der Waals surface area contributed by atoms with Crippen LogP contribution in [0.1, 0.15) is 12.0 Å². The van der Waals surface area contributed by atoms with Crippen molar-refractivity contribution in [3.05, 3.63) is 29.1 Å². The van der Waals surface area contributed by atoms with E-state index in [0.717, 1.165) is 5.56 Å². The molecule has 0 fully saturated rings. The molecule has 0 amide bonds. The second kappa shape index (κ2) is 4.48. The Morgan fingerprint density at radius 1 is 1.69 bits per heavy atom. The van der Waals surface area contributed by atoms with Crippen LogP contribution < -0.4 is 5.73 Å². The first-order valence-electron chi connectivity index (χ1n) is 3.68. The van der Waals surface area contributed by atoms with Crippen LogP contribution in [-0.2, 0) is 0 Å². The Labute approximate surface area is 81.5 Å². The molecule has 0 atom stereocenters. The summed E-state index contributed by atoms with van der Waals surface area (Å²) >= 11 is 5.77. The van der Waals surface area contributed by atoms with Crippen molar-refractivity contribution >= 4 is 23.4 Å². The molecule has 0 aliphatic heterocycles. The van der Waals surface area contributed by atoms with Gasteiger partial charge in [-0.2, -0.15) is 5.26 Å². The molecular formula is C9H8ClN3. The molecule has 0 radical (unpaired) electrons. The number of rotatable bonds is 2. The van der Waals surface area contributed by atoms with Crippen LogP contribution in [0.25, 0.3) is 6.08 Å². The molecule has 1 aromatic heterocycles. The van der Waals surface area contributed by atoms with Crippen molar-refractivity contribution in [2.75, 3.05) is 5.73 Å². The first-order chi connectivity index (χ1) is 6.24. The number of pyridine rings is 1. The Kier molecular flexibility index (Phi) is 3.30. The fraction of sp³-hybridized carbons (Fsp3) is 0.111. The smallest absolute Gasteiger partial charge is 0.136 e. The van der Waals surface area contributed by atoms with Gasteiger partial charge in [0.15, 0.2) is 0 Å². The third-order valence-electron chi connectivity index (χ3n) is 1.39. The van der Waals surface area contributed by atoms with E-state index in [1.807, 2.05) is 6.07 Å². The fourth-order valence-electron chi connectivity index (χ4n) is 0.838. The number of anilines is 1. The van der Waals surface area contributed by atoms with Crippen molar-refractivity contribution in [1.82, 2.24) is 4.98 Å². The monoisotopic (exact) mass is 193 g/mol. The highest BCUT2D eigenvalue weighted by atomic mass is 35.5. The van der Waals surface area contributed by atoms with E-state index < -0.39 is 0 Å². The highest BCUT2D eigenvalue weighted by Crippen LogP contribution is 2.16. The molecule has 2 N–H and O–H groups in total. The molecule has 1 heterocycles. The average Bonchev–Trinajstić information content (AvgIpc) is 2.11. The molecule has 0 aromatic carbocycles. The summed E-state index contributed by atoms with van der Waals surface area (Å²) in [7, 11) is 0. The zero-order valence-electron chi connectivity index (χ0n) is 6.87. The second-order valence-electron chi connectivity index (χ2n) is 2.41. The zero-order chi connectivity index (χ0) is 9.68. The Morgan fingerprint density at radius 3 is 3.15 bits per heavy atom. The van der Waals surface area contributed by atoms with Gasteiger partial charge in [-0.05, 0) is 6.07 Å². The van der Waals surface area contributed by atoms with Crippen molar-refractivity contribution in [1.29, 1.82) is 5.26 Å². The lowest BCUT2D eigenvalue weighted by atomic mass is 10.2. The quantitative estimate of drug-likeness (QED) is 0.733.